The van der Waals surface area contributed by atoms with Crippen LogP contribution in [0.5, 0.6) is 0 Å². The third-order valence-electron chi connectivity index (χ3n) is 3.79. The van der Waals surface area contributed by atoms with E-state index >= 15 is 0 Å². The lowest BCUT2D eigenvalue weighted by Gasteiger charge is -2.24. The zero-order valence-corrected chi connectivity index (χ0v) is 14.3. The molecule has 0 spiro atoms. The van der Waals surface area contributed by atoms with E-state index in [9.17, 15) is 4.79 Å². The van der Waals surface area contributed by atoms with Crippen LogP contribution in [0.3, 0.4) is 0 Å². The highest BCUT2D eigenvalue weighted by molar-refractivity contribution is 7.10. The number of amides is 1. The summed E-state index contributed by atoms with van der Waals surface area (Å²) in [6, 6.07) is 12.0. The highest BCUT2D eigenvalue weighted by atomic mass is 32.1. The molecule has 0 atom stereocenters. The Balaban J connectivity index is 2.03. The van der Waals surface area contributed by atoms with Crippen molar-refractivity contribution in [3.05, 3.63) is 57.8 Å². The Morgan fingerprint density at radius 2 is 1.95 bits per heavy atom. The lowest BCUT2D eigenvalue weighted by Crippen LogP contribution is -2.36. The van der Waals surface area contributed by atoms with E-state index in [1.165, 1.54) is 4.88 Å². The Morgan fingerprint density at radius 3 is 2.64 bits per heavy atom. The van der Waals surface area contributed by atoms with Gasteiger partial charge >= 0.3 is 0 Å². The van der Waals surface area contributed by atoms with Gasteiger partial charge in [0.2, 0.25) is 0 Å². The van der Waals surface area contributed by atoms with E-state index in [2.05, 4.69) is 42.0 Å². The van der Waals surface area contributed by atoms with Crippen LogP contribution in [0.25, 0.3) is 0 Å². The van der Waals surface area contributed by atoms with Crippen molar-refractivity contribution in [1.82, 2.24) is 10.6 Å². The summed E-state index contributed by atoms with van der Waals surface area (Å²) in [6.45, 7) is 5.82. The Kier molecular flexibility index (Phi) is 5.75. The summed E-state index contributed by atoms with van der Waals surface area (Å²) in [5, 5.41) is 8.29. The standard InChI is InChI=1S/C18H24N2OS/c1-18(2,16-9-6-12-22-16)13-20-17(21)15-8-5-4-7-14(15)10-11-19-3/h4-9,12,19H,10-11,13H2,1-3H3,(H,20,21). The summed E-state index contributed by atoms with van der Waals surface area (Å²) in [5.74, 6) is 0.0105. The second-order valence-corrected chi connectivity index (χ2v) is 7.00. The largest absolute Gasteiger partial charge is 0.351 e. The van der Waals surface area contributed by atoms with Crippen molar-refractivity contribution in [3.8, 4) is 0 Å². The first-order chi connectivity index (χ1) is 10.5. The topological polar surface area (TPSA) is 41.1 Å². The van der Waals surface area contributed by atoms with E-state index in [-0.39, 0.29) is 11.3 Å². The van der Waals surface area contributed by atoms with Gasteiger partial charge in [0.25, 0.3) is 5.91 Å². The quantitative estimate of drug-likeness (QED) is 0.823. The number of hydrogen-bond donors (Lipinski definition) is 2. The molecule has 1 heterocycles. The van der Waals surface area contributed by atoms with Gasteiger partial charge in [0, 0.05) is 22.4 Å². The van der Waals surface area contributed by atoms with Gasteiger partial charge in [-0.1, -0.05) is 38.1 Å². The highest BCUT2D eigenvalue weighted by Crippen LogP contribution is 2.26. The number of benzene rings is 1. The fourth-order valence-corrected chi connectivity index (χ4v) is 3.22. The van der Waals surface area contributed by atoms with E-state index in [1.54, 1.807) is 11.3 Å². The number of nitrogens with one attached hydrogen (secondary N) is 2. The fraction of sp³-hybridized carbons (Fsp3) is 0.389. The van der Waals surface area contributed by atoms with E-state index in [4.69, 9.17) is 0 Å². The first kappa shape index (κ1) is 16.7. The predicted octanol–water partition coefficient (Wildman–Crippen LogP) is 3.22. The Morgan fingerprint density at radius 1 is 1.18 bits per heavy atom. The lowest BCUT2D eigenvalue weighted by molar-refractivity contribution is 0.0945. The van der Waals surface area contributed by atoms with Crippen LogP contribution in [0.2, 0.25) is 0 Å². The number of carbonyl (C=O) groups excluding carboxylic acids is 1. The molecule has 0 radical (unpaired) electrons. The first-order valence-corrected chi connectivity index (χ1v) is 8.47. The Labute approximate surface area is 136 Å². The molecule has 4 heteroatoms. The molecule has 0 saturated heterocycles. The van der Waals surface area contributed by atoms with Gasteiger partial charge in [0.05, 0.1) is 0 Å². The molecule has 1 amide bonds. The van der Waals surface area contributed by atoms with Crippen molar-refractivity contribution < 1.29 is 4.79 Å². The minimum Gasteiger partial charge on any atom is -0.351 e. The number of rotatable bonds is 7. The van der Waals surface area contributed by atoms with Gasteiger partial charge in [-0.3, -0.25) is 4.79 Å². The van der Waals surface area contributed by atoms with Crippen molar-refractivity contribution in [1.29, 1.82) is 0 Å². The average Bonchev–Trinajstić information content (AvgIpc) is 3.06. The molecule has 2 aromatic rings. The molecule has 2 rings (SSSR count). The van der Waals surface area contributed by atoms with Gasteiger partial charge in [-0.15, -0.1) is 11.3 Å². The maximum absolute atomic E-state index is 12.5. The summed E-state index contributed by atoms with van der Waals surface area (Å²) in [5.41, 5.74) is 1.81. The van der Waals surface area contributed by atoms with Gasteiger partial charge in [0.15, 0.2) is 0 Å². The lowest BCUT2D eigenvalue weighted by atomic mass is 9.91. The molecule has 3 nitrogen and oxygen atoms in total. The number of carbonyl (C=O) groups is 1. The third-order valence-corrected chi connectivity index (χ3v) is 5.02. The van der Waals surface area contributed by atoms with Crippen LogP contribution < -0.4 is 10.6 Å². The average molecular weight is 316 g/mol. The molecule has 0 aliphatic heterocycles. The zero-order chi connectivity index (χ0) is 16.0. The van der Waals surface area contributed by atoms with E-state index in [0.717, 1.165) is 24.1 Å². The van der Waals surface area contributed by atoms with Crippen LogP contribution in [-0.4, -0.2) is 26.0 Å². The molecule has 118 valence electrons. The minimum absolute atomic E-state index is 0.0105. The van der Waals surface area contributed by atoms with Crippen LogP contribution in [0.1, 0.15) is 34.6 Å². The molecule has 1 aromatic carbocycles. The second-order valence-electron chi connectivity index (χ2n) is 6.05. The van der Waals surface area contributed by atoms with Crippen molar-refractivity contribution >= 4 is 17.2 Å². The van der Waals surface area contributed by atoms with Gasteiger partial charge in [-0.05, 0) is 43.1 Å². The van der Waals surface area contributed by atoms with Crippen LogP contribution >= 0.6 is 11.3 Å². The van der Waals surface area contributed by atoms with Crippen molar-refractivity contribution in [2.75, 3.05) is 20.1 Å². The highest BCUT2D eigenvalue weighted by Gasteiger charge is 2.23. The molecule has 0 fully saturated rings. The zero-order valence-electron chi connectivity index (χ0n) is 13.5. The maximum atomic E-state index is 12.5. The molecule has 0 unspecified atom stereocenters. The molecular formula is C18H24N2OS. The molecule has 1 aromatic heterocycles. The summed E-state index contributed by atoms with van der Waals surface area (Å²) >= 11 is 1.73. The fourth-order valence-electron chi connectivity index (χ4n) is 2.37. The van der Waals surface area contributed by atoms with E-state index in [0.29, 0.717) is 6.54 Å². The Hall–Kier alpha value is -1.65. The molecule has 0 bridgehead atoms. The number of thiophene rings is 1. The molecule has 2 N–H and O–H groups in total. The Bertz CT molecular complexity index is 605. The molecular weight excluding hydrogens is 292 g/mol. The van der Waals surface area contributed by atoms with Gasteiger partial charge in [0.1, 0.15) is 0 Å². The summed E-state index contributed by atoms with van der Waals surface area (Å²) < 4.78 is 0. The summed E-state index contributed by atoms with van der Waals surface area (Å²) in [6.07, 6.45) is 0.856. The predicted molar refractivity (Wildman–Crippen MR) is 93.8 cm³/mol. The van der Waals surface area contributed by atoms with Crippen molar-refractivity contribution in [3.63, 3.8) is 0 Å². The molecule has 0 aliphatic carbocycles. The minimum atomic E-state index is -0.0518. The maximum Gasteiger partial charge on any atom is 0.251 e. The monoisotopic (exact) mass is 316 g/mol. The van der Waals surface area contributed by atoms with Crippen LogP contribution in [-0.2, 0) is 11.8 Å². The molecule has 0 aliphatic rings. The summed E-state index contributed by atoms with van der Waals surface area (Å²) in [4.78, 5) is 13.8. The number of likely N-dealkylation sites (N-methyl/N-ethyl adjacent to an activating group) is 1. The van der Waals surface area contributed by atoms with Crippen molar-refractivity contribution in [2.24, 2.45) is 0 Å². The van der Waals surface area contributed by atoms with E-state index < -0.39 is 0 Å². The van der Waals surface area contributed by atoms with Gasteiger partial charge < -0.3 is 10.6 Å². The van der Waals surface area contributed by atoms with Crippen LogP contribution in [0.4, 0.5) is 0 Å². The number of hydrogen-bond acceptors (Lipinski definition) is 3. The summed E-state index contributed by atoms with van der Waals surface area (Å²) in [7, 11) is 1.92. The van der Waals surface area contributed by atoms with E-state index in [1.807, 2.05) is 31.3 Å². The van der Waals surface area contributed by atoms with Crippen LogP contribution in [0, 0.1) is 0 Å². The SMILES string of the molecule is CNCCc1ccccc1C(=O)NCC(C)(C)c1cccs1. The van der Waals surface area contributed by atoms with Crippen molar-refractivity contribution in [2.45, 2.75) is 25.7 Å². The van der Waals surface area contributed by atoms with Crippen LogP contribution in [0.15, 0.2) is 41.8 Å². The molecule has 0 saturated carbocycles. The normalized spacial score (nSPS) is 11.4. The van der Waals surface area contributed by atoms with Gasteiger partial charge in [-0.25, -0.2) is 0 Å². The smallest absolute Gasteiger partial charge is 0.251 e. The first-order valence-electron chi connectivity index (χ1n) is 7.59. The molecule has 22 heavy (non-hydrogen) atoms. The third kappa shape index (κ3) is 4.18. The second kappa shape index (κ2) is 7.56. The van der Waals surface area contributed by atoms with Gasteiger partial charge in [-0.2, -0.15) is 0 Å².